The Balaban J connectivity index is 1.41. The molecule has 0 bridgehead atoms. The maximum absolute atomic E-state index is 13.0. The molecular weight excluding hydrogens is 572 g/mol. The highest BCUT2D eigenvalue weighted by molar-refractivity contribution is 7.90. The van der Waals surface area contributed by atoms with Crippen molar-refractivity contribution in [2.45, 2.75) is 44.1 Å². The van der Waals surface area contributed by atoms with Gasteiger partial charge >= 0.3 is 6.09 Å². The molecule has 0 spiro atoms. The van der Waals surface area contributed by atoms with E-state index in [-0.39, 0.29) is 44.4 Å². The van der Waals surface area contributed by atoms with E-state index < -0.39 is 28.1 Å². The van der Waals surface area contributed by atoms with Crippen molar-refractivity contribution in [1.29, 1.82) is 0 Å². The van der Waals surface area contributed by atoms with Gasteiger partial charge in [0, 0.05) is 12.2 Å². The summed E-state index contributed by atoms with van der Waals surface area (Å²) in [4.78, 5) is 25.8. The van der Waals surface area contributed by atoms with Crippen LogP contribution in [-0.2, 0) is 10.0 Å². The molecule has 0 radical (unpaired) electrons. The van der Waals surface area contributed by atoms with E-state index in [1.54, 1.807) is 48.5 Å². The van der Waals surface area contributed by atoms with Crippen LogP contribution in [0.3, 0.4) is 0 Å². The third-order valence-electron chi connectivity index (χ3n) is 7.58. The highest BCUT2D eigenvalue weighted by Crippen LogP contribution is 2.38. The third-order valence-corrected chi connectivity index (χ3v) is 8.90. The summed E-state index contributed by atoms with van der Waals surface area (Å²) in [6.07, 6.45) is 1.88. The first-order valence-electron chi connectivity index (χ1n) is 14.4. The highest BCUT2D eigenvalue weighted by atomic mass is 32.2. The molecule has 0 unspecified atom stereocenters. The summed E-state index contributed by atoms with van der Waals surface area (Å²) in [6.45, 7) is -0.177. The second-order valence-electron chi connectivity index (χ2n) is 10.6. The molecule has 1 fully saturated rings. The number of aliphatic hydroxyl groups is 2. The van der Waals surface area contributed by atoms with Gasteiger partial charge in [0.2, 0.25) is 10.0 Å². The largest absolute Gasteiger partial charge is 0.492 e. The van der Waals surface area contributed by atoms with Gasteiger partial charge in [-0.05, 0) is 65.6 Å². The van der Waals surface area contributed by atoms with Crippen molar-refractivity contribution in [3.63, 3.8) is 0 Å². The molecule has 2 amide bonds. The second kappa shape index (κ2) is 15.0. The lowest BCUT2D eigenvalue weighted by Crippen LogP contribution is -2.36. The lowest BCUT2D eigenvalue weighted by Gasteiger charge is -2.22. The van der Waals surface area contributed by atoms with Gasteiger partial charge in [-0.15, -0.1) is 0 Å². The predicted octanol–water partition coefficient (Wildman–Crippen LogP) is 4.55. The summed E-state index contributed by atoms with van der Waals surface area (Å²) in [7, 11) is -3.86. The normalized spacial score (nSPS) is 14.3. The number of carboxylic acid groups (broad SMARTS) is 1. The number of amides is 2. The van der Waals surface area contributed by atoms with Crippen LogP contribution in [0.4, 0.5) is 4.79 Å². The lowest BCUT2D eigenvalue weighted by molar-refractivity contribution is 0.0894. The van der Waals surface area contributed by atoms with Crippen LogP contribution >= 0.6 is 0 Å². The first-order valence-corrected chi connectivity index (χ1v) is 16.1. The van der Waals surface area contributed by atoms with Crippen molar-refractivity contribution < 1.29 is 38.1 Å². The zero-order valence-electron chi connectivity index (χ0n) is 23.9. The number of nitrogens with one attached hydrogen (secondary N) is 1. The fourth-order valence-corrected chi connectivity index (χ4v) is 6.30. The average Bonchev–Trinajstić information content (AvgIpc) is 3.55. The number of rotatable bonds is 14. The molecule has 4 N–H and O–H groups in total. The van der Waals surface area contributed by atoms with Gasteiger partial charge in [-0.1, -0.05) is 67.4 Å². The molecule has 43 heavy (non-hydrogen) atoms. The number of benzene rings is 3. The number of aliphatic hydroxyl groups excluding tert-OH is 2. The van der Waals surface area contributed by atoms with Gasteiger partial charge in [0.15, 0.2) is 0 Å². The van der Waals surface area contributed by atoms with Crippen LogP contribution in [0.1, 0.15) is 65.6 Å². The molecule has 1 atom stereocenters. The molecule has 230 valence electrons. The summed E-state index contributed by atoms with van der Waals surface area (Å²) in [5.74, 6) is -0.287. The molecule has 1 aliphatic carbocycles. The number of hydrogen-bond acceptors (Lipinski definition) is 7. The topological polar surface area (TPSA) is 153 Å². The number of hydrogen-bond donors (Lipinski definition) is 4. The summed E-state index contributed by atoms with van der Waals surface area (Å²) in [5, 5.41) is 28.9. The van der Waals surface area contributed by atoms with Crippen LogP contribution in [0.25, 0.3) is 11.1 Å². The van der Waals surface area contributed by atoms with E-state index in [1.165, 1.54) is 0 Å². The molecule has 3 aromatic carbocycles. The molecule has 0 aliphatic heterocycles. The molecule has 1 saturated carbocycles. The number of carbonyl (C=O) groups excluding carboxylic acids is 1. The van der Waals surface area contributed by atoms with Gasteiger partial charge in [-0.3, -0.25) is 4.79 Å². The van der Waals surface area contributed by atoms with Crippen molar-refractivity contribution >= 4 is 22.0 Å². The molecule has 4 rings (SSSR count). The Hall–Kier alpha value is -3.93. The first-order chi connectivity index (χ1) is 20.7. The molecule has 11 heteroatoms. The van der Waals surface area contributed by atoms with E-state index in [9.17, 15) is 28.2 Å². The molecule has 1 aliphatic rings. The first kappa shape index (κ1) is 32.0. The maximum Gasteiger partial charge on any atom is 0.407 e. The van der Waals surface area contributed by atoms with Crippen LogP contribution in [-0.4, -0.2) is 72.7 Å². The van der Waals surface area contributed by atoms with Crippen LogP contribution in [0.15, 0.2) is 72.8 Å². The molecule has 0 heterocycles. The van der Waals surface area contributed by atoms with E-state index in [1.807, 2.05) is 24.3 Å². The standard InChI is InChI=1S/C32H38N2O8S/c35-18-6-20-43(40,41)33-31(37)28-16-13-26(21-29(28)24-7-4-5-8-24)23-11-14-27(15-12-23)42-19-17-34(32(38)39)22-30(36)25-9-2-1-3-10-25/h1-3,9-16,21,24,30,35-36H,4-8,17-20,22H2,(H,33,37)(H,38,39)/t30-/m1/s1. The number of carbonyl (C=O) groups is 2. The average molecular weight is 611 g/mol. The number of nitrogens with zero attached hydrogens (tertiary/aromatic N) is 1. The van der Waals surface area contributed by atoms with Crippen molar-refractivity contribution in [2.24, 2.45) is 0 Å². The smallest absolute Gasteiger partial charge is 0.407 e. The van der Waals surface area contributed by atoms with E-state index in [4.69, 9.17) is 9.84 Å². The minimum absolute atomic E-state index is 0.0476. The summed E-state index contributed by atoms with van der Waals surface area (Å²) < 4.78 is 32.5. The quantitative estimate of drug-likeness (QED) is 0.207. The molecule has 10 nitrogen and oxygen atoms in total. The van der Waals surface area contributed by atoms with Gasteiger partial charge in [0.05, 0.1) is 24.9 Å². The van der Waals surface area contributed by atoms with Crippen molar-refractivity contribution in [2.75, 3.05) is 32.1 Å². The van der Waals surface area contributed by atoms with Crippen molar-refractivity contribution in [3.8, 4) is 16.9 Å². The minimum atomic E-state index is -3.86. The van der Waals surface area contributed by atoms with Gasteiger partial charge in [-0.25, -0.2) is 17.9 Å². The van der Waals surface area contributed by atoms with Crippen LogP contribution < -0.4 is 9.46 Å². The molecule has 0 aromatic heterocycles. The molecule has 3 aromatic rings. The summed E-state index contributed by atoms with van der Waals surface area (Å²) in [5.41, 5.74) is 3.55. The Bertz CT molecular complexity index is 1470. The lowest BCUT2D eigenvalue weighted by atomic mass is 9.89. The van der Waals surface area contributed by atoms with E-state index >= 15 is 0 Å². The Morgan fingerprint density at radius 2 is 1.65 bits per heavy atom. The monoisotopic (exact) mass is 610 g/mol. The Kier molecular flexibility index (Phi) is 11.2. The number of ether oxygens (including phenoxy) is 1. The minimum Gasteiger partial charge on any atom is -0.492 e. The number of sulfonamides is 1. The fourth-order valence-electron chi connectivity index (χ4n) is 5.30. The predicted molar refractivity (Wildman–Crippen MR) is 163 cm³/mol. The fraction of sp³-hybridized carbons (Fsp3) is 0.375. The zero-order valence-corrected chi connectivity index (χ0v) is 24.7. The van der Waals surface area contributed by atoms with Gasteiger partial charge in [0.25, 0.3) is 5.91 Å². The third kappa shape index (κ3) is 9.03. The van der Waals surface area contributed by atoms with Crippen LogP contribution in [0, 0.1) is 0 Å². The van der Waals surface area contributed by atoms with Crippen molar-refractivity contribution in [1.82, 2.24) is 9.62 Å². The maximum atomic E-state index is 13.0. The Morgan fingerprint density at radius 3 is 2.30 bits per heavy atom. The van der Waals surface area contributed by atoms with Gasteiger partial charge < -0.3 is 25.0 Å². The SMILES string of the molecule is O=C(NS(=O)(=O)CCCO)c1ccc(-c2ccc(OCCN(C[C@@H](O)c3ccccc3)C(=O)O)cc2)cc1C1CCCC1. The highest BCUT2D eigenvalue weighted by Gasteiger charge is 2.25. The summed E-state index contributed by atoms with van der Waals surface area (Å²) >= 11 is 0. The van der Waals surface area contributed by atoms with Gasteiger partial charge in [-0.2, -0.15) is 0 Å². The Labute approximate surface area is 252 Å². The molecule has 0 saturated heterocycles. The molecular formula is C32H38N2O8S. The Morgan fingerprint density at radius 1 is 0.977 bits per heavy atom. The zero-order chi connectivity index (χ0) is 30.8. The second-order valence-corrected chi connectivity index (χ2v) is 12.5. The van der Waals surface area contributed by atoms with E-state index in [0.717, 1.165) is 47.3 Å². The van der Waals surface area contributed by atoms with E-state index in [2.05, 4.69) is 4.72 Å². The van der Waals surface area contributed by atoms with E-state index in [0.29, 0.717) is 16.9 Å². The van der Waals surface area contributed by atoms with Crippen LogP contribution in [0.5, 0.6) is 5.75 Å². The van der Waals surface area contributed by atoms with Gasteiger partial charge in [0.1, 0.15) is 12.4 Å². The summed E-state index contributed by atoms with van der Waals surface area (Å²) in [6, 6.07) is 21.6. The van der Waals surface area contributed by atoms with Crippen molar-refractivity contribution in [3.05, 3.63) is 89.5 Å². The van der Waals surface area contributed by atoms with Crippen LogP contribution in [0.2, 0.25) is 0 Å².